The lowest BCUT2D eigenvalue weighted by Crippen LogP contribution is -2.48. The van der Waals surface area contributed by atoms with E-state index in [2.05, 4.69) is 24.5 Å². The topological polar surface area (TPSA) is 41.1 Å². The van der Waals surface area contributed by atoms with E-state index in [1.54, 1.807) is 0 Å². The fraction of sp³-hybridized carbons (Fsp3) is 0.933. The van der Waals surface area contributed by atoms with Gasteiger partial charge in [0, 0.05) is 12.6 Å². The summed E-state index contributed by atoms with van der Waals surface area (Å²) in [5.74, 6) is 2.52. The second kappa shape index (κ2) is 6.05. The molecule has 1 unspecified atom stereocenters. The minimum Gasteiger partial charge on any atom is -0.355 e. The van der Waals surface area contributed by atoms with Crippen molar-refractivity contribution in [3.63, 3.8) is 0 Å². The molecule has 104 valence electrons. The SMILES string of the molecule is CC(C)CCNC(=O)C(C)NC(C1CC1)C1CC1. The lowest BCUT2D eigenvalue weighted by Gasteiger charge is -2.22. The van der Waals surface area contributed by atoms with Gasteiger partial charge in [-0.25, -0.2) is 0 Å². The van der Waals surface area contributed by atoms with Gasteiger partial charge in [0.05, 0.1) is 6.04 Å². The molecule has 2 aliphatic carbocycles. The van der Waals surface area contributed by atoms with Crippen LogP contribution >= 0.6 is 0 Å². The van der Waals surface area contributed by atoms with E-state index in [4.69, 9.17) is 0 Å². The summed E-state index contributed by atoms with van der Waals surface area (Å²) in [4.78, 5) is 12.0. The van der Waals surface area contributed by atoms with Crippen LogP contribution in [0.3, 0.4) is 0 Å². The molecular weight excluding hydrogens is 224 g/mol. The Morgan fingerprint density at radius 3 is 2.11 bits per heavy atom. The minimum absolute atomic E-state index is 0.0386. The molecule has 3 heteroatoms. The molecule has 1 amide bonds. The fourth-order valence-electron chi connectivity index (χ4n) is 2.57. The van der Waals surface area contributed by atoms with E-state index >= 15 is 0 Å². The number of nitrogens with one attached hydrogen (secondary N) is 2. The van der Waals surface area contributed by atoms with Crippen LogP contribution in [0.15, 0.2) is 0 Å². The van der Waals surface area contributed by atoms with Crippen LogP contribution in [0.1, 0.15) is 52.9 Å². The van der Waals surface area contributed by atoms with Crippen LogP contribution in [-0.4, -0.2) is 24.5 Å². The van der Waals surface area contributed by atoms with Crippen molar-refractivity contribution in [1.82, 2.24) is 10.6 Å². The smallest absolute Gasteiger partial charge is 0.236 e. The molecule has 0 aliphatic heterocycles. The van der Waals surface area contributed by atoms with Crippen LogP contribution in [0.5, 0.6) is 0 Å². The van der Waals surface area contributed by atoms with Crippen molar-refractivity contribution in [1.29, 1.82) is 0 Å². The third-order valence-corrected chi connectivity index (χ3v) is 4.12. The average Bonchev–Trinajstić information content (AvgIpc) is 3.16. The first kappa shape index (κ1) is 13.9. The standard InChI is InChI=1S/C15H28N2O/c1-10(2)8-9-16-15(18)11(3)17-14(12-4-5-12)13-6-7-13/h10-14,17H,4-9H2,1-3H3,(H,16,18). The molecule has 0 aromatic carbocycles. The van der Waals surface area contributed by atoms with Crippen molar-refractivity contribution in [3.05, 3.63) is 0 Å². The zero-order valence-corrected chi connectivity index (χ0v) is 12.0. The van der Waals surface area contributed by atoms with Gasteiger partial charge in [0.25, 0.3) is 0 Å². The van der Waals surface area contributed by atoms with Crippen molar-refractivity contribution >= 4 is 5.91 Å². The van der Waals surface area contributed by atoms with Gasteiger partial charge in [-0.2, -0.15) is 0 Å². The highest BCUT2D eigenvalue weighted by atomic mass is 16.2. The maximum Gasteiger partial charge on any atom is 0.236 e. The molecule has 0 heterocycles. The first-order valence-electron chi connectivity index (χ1n) is 7.61. The second-order valence-electron chi connectivity index (χ2n) is 6.56. The predicted molar refractivity (Wildman–Crippen MR) is 74.3 cm³/mol. The Balaban J connectivity index is 1.68. The molecule has 0 aromatic rings. The molecule has 2 fully saturated rings. The molecule has 0 aromatic heterocycles. The summed E-state index contributed by atoms with van der Waals surface area (Å²) < 4.78 is 0. The molecule has 0 saturated heterocycles. The van der Waals surface area contributed by atoms with Gasteiger partial charge in [0.15, 0.2) is 0 Å². The summed E-state index contributed by atoms with van der Waals surface area (Å²) in [5.41, 5.74) is 0. The third kappa shape index (κ3) is 4.27. The van der Waals surface area contributed by atoms with Crippen LogP contribution in [0.25, 0.3) is 0 Å². The van der Waals surface area contributed by atoms with Crippen LogP contribution in [0.2, 0.25) is 0 Å². The predicted octanol–water partition coefficient (Wildman–Crippen LogP) is 2.32. The Hall–Kier alpha value is -0.570. The van der Waals surface area contributed by atoms with Gasteiger partial charge < -0.3 is 10.6 Å². The van der Waals surface area contributed by atoms with Gasteiger partial charge in [0.1, 0.15) is 0 Å². The number of rotatable bonds is 8. The highest BCUT2D eigenvalue weighted by Gasteiger charge is 2.42. The van der Waals surface area contributed by atoms with Crippen molar-refractivity contribution in [2.24, 2.45) is 17.8 Å². The minimum atomic E-state index is -0.0386. The van der Waals surface area contributed by atoms with Crippen molar-refractivity contribution in [2.45, 2.75) is 65.0 Å². The Morgan fingerprint density at radius 2 is 1.67 bits per heavy atom. The molecule has 0 radical (unpaired) electrons. The number of amides is 1. The van der Waals surface area contributed by atoms with Gasteiger partial charge in [0.2, 0.25) is 5.91 Å². The molecule has 18 heavy (non-hydrogen) atoms. The maximum atomic E-state index is 12.0. The lowest BCUT2D eigenvalue weighted by molar-refractivity contribution is -0.123. The summed E-state index contributed by atoms with van der Waals surface area (Å²) in [7, 11) is 0. The monoisotopic (exact) mass is 252 g/mol. The van der Waals surface area contributed by atoms with Gasteiger partial charge in [-0.3, -0.25) is 4.79 Å². The van der Waals surface area contributed by atoms with E-state index in [0.29, 0.717) is 12.0 Å². The number of hydrogen-bond acceptors (Lipinski definition) is 2. The molecule has 2 aliphatic rings. The first-order valence-corrected chi connectivity index (χ1v) is 7.61. The van der Waals surface area contributed by atoms with Crippen molar-refractivity contribution in [2.75, 3.05) is 6.54 Å². The van der Waals surface area contributed by atoms with Gasteiger partial charge in [-0.1, -0.05) is 13.8 Å². The average molecular weight is 252 g/mol. The fourth-order valence-corrected chi connectivity index (χ4v) is 2.57. The van der Waals surface area contributed by atoms with E-state index in [1.807, 2.05) is 6.92 Å². The summed E-state index contributed by atoms with van der Waals surface area (Å²) in [5, 5.41) is 6.60. The molecule has 3 nitrogen and oxygen atoms in total. The summed E-state index contributed by atoms with van der Waals surface area (Å²) in [6.07, 6.45) is 6.49. The van der Waals surface area contributed by atoms with Crippen LogP contribution in [-0.2, 0) is 4.79 Å². The Morgan fingerprint density at radius 1 is 1.11 bits per heavy atom. The van der Waals surface area contributed by atoms with E-state index < -0.39 is 0 Å². The van der Waals surface area contributed by atoms with Gasteiger partial charge in [-0.05, 0) is 56.8 Å². The number of carbonyl (C=O) groups is 1. The van der Waals surface area contributed by atoms with Crippen molar-refractivity contribution in [3.8, 4) is 0 Å². The van der Waals surface area contributed by atoms with E-state index in [-0.39, 0.29) is 11.9 Å². The van der Waals surface area contributed by atoms with Gasteiger partial charge >= 0.3 is 0 Å². The summed E-state index contributed by atoms with van der Waals surface area (Å²) in [6.45, 7) is 7.18. The second-order valence-corrected chi connectivity index (χ2v) is 6.56. The highest BCUT2D eigenvalue weighted by Crippen LogP contribution is 2.44. The van der Waals surface area contributed by atoms with E-state index in [0.717, 1.165) is 24.8 Å². The quantitative estimate of drug-likeness (QED) is 0.696. The lowest BCUT2D eigenvalue weighted by atomic mass is 10.1. The molecule has 1 atom stereocenters. The maximum absolute atomic E-state index is 12.0. The number of hydrogen-bond donors (Lipinski definition) is 2. The molecule has 2 saturated carbocycles. The van der Waals surface area contributed by atoms with Crippen molar-refractivity contribution < 1.29 is 4.79 Å². The van der Waals surface area contributed by atoms with Crippen LogP contribution < -0.4 is 10.6 Å². The number of carbonyl (C=O) groups excluding carboxylic acids is 1. The van der Waals surface area contributed by atoms with Crippen LogP contribution in [0, 0.1) is 17.8 Å². The Bertz CT molecular complexity index is 270. The Labute approximate surface area is 111 Å². The molecule has 0 bridgehead atoms. The highest BCUT2D eigenvalue weighted by molar-refractivity contribution is 5.81. The van der Waals surface area contributed by atoms with Gasteiger partial charge in [-0.15, -0.1) is 0 Å². The molecule has 0 spiro atoms. The summed E-state index contributed by atoms with van der Waals surface area (Å²) in [6, 6.07) is 0.569. The van der Waals surface area contributed by atoms with E-state index in [9.17, 15) is 4.79 Å². The summed E-state index contributed by atoms with van der Waals surface area (Å²) >= 11 is 0. The first-order chi connectivity index (χ1) is 8.58. The Kier molecular flexibility index (Phi) is 4.66. The van der Waals surface area contributed by atoms with E-state index in [1.165, 1.54) is 25.7 Å². The largest absolute Gasteiger partial charge is 0.355 e. The normalized spacial score (nSPS) is 21.4. The molecule has 2 N–H and O–H groups in total. The zero-order chi connectivity index (χ0) is 13.1. The molecular formula is C15H28N2O. The van der Waals surface area contributed by atoms with Crippen LogP contribution in [0.4, 0.5) is 0 Å². The zero-order valence-electron chi connectivity index (χ0n) is 12.0. The third-order valence-electron chi connectivity index (χ3n) is 4.12. The molecule has 2 rings (SSSR count).